The number of aromatic nitrogens is 3. The quantitative estimate of drug-likeness (QED) is 0.692. The van der Waals surface area contributed by atoms with Gasteiger partial charge in [-0.3, -0.25) is 4.90 Å². The fraction of sp³-hybridized carbons (Fsp3) is 0.333. The molecule has 1 aromatic heterocycles. The van der Waals surface area contributed by atoms with Gasteiger partial charge in [-0.25, -0.2) is 8.78 Å². The van der Waals surface area contributed by atoms with Crippen LogP contribution in [-0.4, -0.2) is 32.8 Å². The molecule has 0 radical (unpaired) electrons. The van der Waals surface area contributed by atoms with Gasteiger partial charge in [-0.1, -0.05) is 42.5 Å². The number of fused-ring (bicyclic) bond motifs is 1. The van der Waals surface area contributed by atoms with E-state index in [1.807, 2.05) is 18.2 Å². The molecule has 27 heavy (non-hydrogen) atoms. The molecule has 0 bridgehead atoms. The average Bonchev–Trinajstić information content (AvgIpc) is 2.97. The summed E-state index contributed by atoms with van der Waals surface area (Å²) in [5.74, 6) is 0.431. The summed E-state index contributed by atoms with van der Waals surface area (Å²) >= 11 is 0. The highest BCUT2D eigenvalue weighted by molar-refractivity contribution is 5.19. The molecule has 4 rings (SSSR count). The Balaban J connectivity index is 1.41. The van der Waals surface area contributed by atoms with Crippen LogP contribution in [0.2, 0.25) is 0 Å². The zero-order valence-corrected chi connectivity index (χ0v) is 15.1. The van der Waals surface area contributed by atoms with E-state index >= 15 is 0 Å². The van der Waals surface area contributed by atoms with Crippen molar-refractivity contribution in [3.8, 4) is 0 Å². The molecule has 3 aromatic rings. The van der Waals surface area contributed by atoms with E-state index in [4.69, 9.17) is 0 Å². The Hall–Kier alpha value is -2.60. The van der Waals surface area contributed by atoms with Crippen LogP contribution < -0.4 is 0 Å². The number of halogens is 2. The molecule has 2 aromatic carbocycles. The maximum Gasteiger partial charge on any atom is 0.163 e. The fourth-order valence-electron chi connectivity index (χ4n) is 3.58. The molecule has 0 N–H and O–H groups in total. The Morgan fingerprint density at radius 1 is 0.852 bits per heavy atom. The van der Waals surface area contributed by atoms with Crippen molar-refractivity contribution in [2.24, 2.45) is 0 Å². The minimum Gasteiger partial charge on any atom is -0.314 e. The van der Waals surface area contributed by atoms with Crippen LogP contribution in [0.25, 0.3) is 0 Å². The smallest absolute Gasteiger partial charge is 0.163 e. The Morgan fingerprint density at radius 2 is 1.70 bits per heavy atom. The molecule has 0 amide bonds. The summed E-state index contributed by atoms with van der Waals surface area (Å²) in [6.07, 6.45) is 2.53. The molecule has 4 nitrogen and oxygen atoms in total. The number of hydrogen-bond donors (Lipinski definition) is 0. The van der Waals surface area contributed by atoms with Crippen LogP contribution in [0.15, 0.2) is 48.5 Å². The van der Waals surface area contributed by atoms with Crippen LogP contribution in [0, 0.1) is 11.6 Å². The van der Waals surface area contributed by atoms with Crippen LogP contribution in [0.5, 0.6) is 0 Å². The molecule has 0 unspecified atom stereocenters. The first-order valence-electron chi connectivity index (χ1n) is 9.31. The van der Waals surface area contributed by atoms with Gasteiger partial charge in [0.05, 0.1) is 0 Å². The van der Waals surface area contributed by atoms with E-state index in [-0.39, 0.29) is 0 Å². The van der Waals surface area contributed by atoms with Crippen molar-refractivity contribution >= 4 is 0 Å². The van der Waals surface area contributed by atoms with E-state index in [0.29, 0.717) is 12.1 Å². The summed E-state index contributed by atoms with van der Waals surface area (Å²) in [7, 11) is 0. The van der Waals surface area contributed by atoms with Crippen LogP contribution in [-0.2, 0) is 32.4 Å². The van der Waals surface area contributed by atoms with Gasteiger partial charge in [0, 0.05) is 44.6 Å². The molecule has 1 aliphatic rings. The van der Waals surface area contributed by atoms with Crippen molar-refractivity contribution in [3.05, 3.63) is 82.9 Å². The highest BCUT2D eigenvalue weighted by Gasteiger charge is 2.20. The number of hydrogen-bond acceptors (Lipinski definition) is 3. The highest BCUT2D eigenvalue weighted by atomic mass is 19.2. The third-order valence-corrected chi connectivity index (χ3v) is 5.10. The minimum atomic E-state index is -0.789. The fourth-order valence-corrected chi connectivity index (χ4v) is 3.58. The molecule has 140 valence electrons. The molecule has 0 spiro atoms. The van der Waals surface area contributed by atoms with Crippen molar-refractivity contribution in [2.75, 3.05) is 13.1 Å². The summed E-state index contributed by atoms with van der Waals surface area (Å²) < 4.78 is 29.6. The molecule has 0 aliphatic carbocycles. The summed E-state index contributed by atoms with van der Waals surface area (Å²) in [6, 6.07) is 14.7. The normalized spacial score (nSPS) is 14.7. The van der Waals surface area contributed by atoms with Crippen LogP contribution >= 0.6 is 0 Å². The van der Waals surface area contributed by atoms with Gasteiger partial charge in [-0.05, 0) is 18.1 Å². The second-order valence-corrected chi connectivity index (χ2v) is 6.91. The summed E-state index contributed by atoms with van der Waals surface area (Å²) in [4.78, 5) is 2.15. The molecule has 0 atom stereocenters. The molecule has 0 saturated heterocycles. The third kappa shape index (κ3) is 4.06. The molecule has 0 fully saturated rings. The summed E-state index contributed by atoms with van der Waals surface area (Å²) in [6.45, 7) is 2.69. The zero-order chi connectivity index (χ0) is 18.6. The first-order chi connectivity index (χ1) is 13.2. The molecule has 6 heteroatoms. The number of rotatable bonds is 5. The number of nitrogens with zero attached hydrogens (tertiary/aromatic N) is 4. The van der Waals surface area contributed by atoms with E-state index in [9.17, 15) is 8.78 Å². The van der Waals surface area contributed by atoms with Gasteiger partial charge < -0.3 is 4.57 Å². The molecular formula is C21H22F2N4. The van der Waals surface area contributed by atoms with Gasteiger partial charge >= 0.3 is 0 Å². The van der Waals surface area contributed by atoms with Crippen molar-refractivity contribution < 1.29 is 8.78 Å². The van der Waals surface area contributed by atoms with Gasteiger partial charge in [0.2, 0.25) is 0 Å². The average molecular weight is 368 g/mol. The standard InChI is InChI=1S/C21H22F2N4/c22-18-8-4-7-17(21(18)23)15-26-12-11-20-25-24-19(27(20)14-13-26)10-9-16-5-2-1-3-6-16/h1-8H,9-15H2. The van der Waals surface area contributed by atoms with Gasteiger partial charge in [0.1, 0.15) is 11.6 Å². The Labute approximate surface area is 157 Å². The Kier molecular flexibility index (Phi) is 5.25. The zero-order valence-electron chi connectivity index (χ0n) is 15.1. The third-order valence-electron chi connectivity index (χ3n) is 5.10. The van der Waals surface area contributed by atoms with Crippen molar-refractivity contribution in [2.45, 2.75) is 32.4 Å². The molecule has 2 heterocycles. The number of benzene rings is 2. The van der Waals surface area contributed by atoms with E-state index in [1.165, 1.54) is 5.56 Å². The highest BCUT2D eigenvalue weighted by Crippen LogP contribution is 2.17. The largest absolute Gasteiger partial charge is 0.314 e. The predicted molar refractivity (Wildman–Crippen MR) is 99.2 cm³/mol. The summed E-state index contributed by atoms with van der Waals surface area (Å²) in [5.41, 5.74) is 1.68. The first-order valence-corrected chi connectivity index (χ1v) is 9.31. The lowest BCUT2D eigenvalue weighted by Crippen LogP contribution is -2.27. The predicted octanol–water partition coefficient (Wildman–Crippen LogP) is 3.40. The van der Waals surface area contributed by atoms with Gasteiger partial charge in [-0.2, -0.15) is 0 Å². The van der Waals surface area contributed by atoms with Crippen LogP contribution in [0.4, 0.5) is 8.78 Å². The monoisotopic (exact) mass is 368 g/mol. The second kappa shape index (κ2) is 7.96. The number of aryl methyl sites for hydroxylation is 2. The maximum absolute atomic E-state index is 14.0. The van der Waals surface area contributed by atoms with Crippen molar-refractivity contribution in [3.63, 3.8) is 0 Å². The molecule has 1 aliphatic heterocycles. The SMILES string of the molecule is Fc1cccc(CN2CCc3nnc(CCc4ccccc4)n3CC2)c1F. The topological polar surface area (TPSA) is 34.0 Å². The van der Waals surface area contributed by atoms with E-state index in [1.54, 1.807) is 12.1 Å². The van der Waals surface area contributed by atoms with Gasteiger partial charge in [0.15, 0.2) is 11.6 Å². The Morgan fingerprint density at radius 3 is 2.56 bits per heavy atom. The van der Waals surface area contributed by atoms with E-state index in [0.717, 1.165) is 56.6 Å². The second-order valence-electron chi connectivity index (χ2n) is 6.91. The minimum absolute atomic E-state index is 0.400. The van der Waals surface area contributed by atoms with Crippen LogP contribution in [0.1, 0.15) is 22.8 Å². The summed E-state index contributed by atoms with van der Waals surface area (Å²) in [5, 5.41) is 8.73. The van der Waals surface area contributed by atoms with E-state index in [2.05, 4.69) is 31.8 Å². The Bertz CT molecular complexity index is 908. The molecule has 0 saturated carbocycles. The first kappa shape index (κ1) is 17.8. The van der Waals surface area contributed by atoms with Crippen LogP contribution in [0.3, 0.4) is 0 Å². The lowest BCUT2D eigenvalue weighted by molar-refractivity contribution is 0.265. The maximum atomic E-state index is 14.0. The lowest BCUT2D eigenvalue weighted by Gasteiger charge is -2.20. The van der Waals surface area contributed by atoms with Gasteiger partial charge in [-0.15, -0.1) is 10.2 Å². The van der Waals surface area contributed by atoms with E-state index < -0.39 is 11.6 Å². The van der Waals surface area contributed by atoms with Crippen molar-refractivity contribution in [1.29, 1.82) is 0 Å². The lowest BCUT2D eigenvalue weighted by atomic mass is 10.1. The molecular weight excluding hydrogens is 346 g/mol. The van der Waals surface area contributed by atoms with Gasteiger partial charge in [0.25, 0.3) is 0 Å². The van der Waals surface area contributed by atoms with Crippen molar-refractivity contribution in [1.82, 2.24) is 19.7 Å².